The molecule has 258 valence electrons. The molecule has 0 aromatic heterocycles. The van der Waals surface area contributed by atoms with Gasteiger partial charge >= 0.3 is 17.9 Å². The number of Topliss-reactive ketones (excluding diaryl/α,β-unsaturated/α-hetero) is 1. The van der Waals surface area contributed by atoms with E-state index < -0.39 is 34.8 Å². The van der Waals surface area contributed by atoms with E-state index in [2.05, 4.69) is 52.9 Å². The van der Waals surface area contributed by atoms with E-state index in [-0.39, 0.29) is 52.9 Å². The fraction of sp³-hybridized carbons (Fsp3) is 0.789. The number of ketones is 1. The standard InChI is InChI=1S/C38H58O8/c1-22(24(3)33(42)43)11-12-23(2)25-15-18-37(8)26-13-14-28-34(4,5)30(46-32(41)21-35(6,44)20-31(40)45-10)16-17-36(28,7)27(26)19-29(39)38(25,37)9/h23-25,28,30,44H,1,11-21H2,2-10H3,(H,42,43)/t23-,24+,25-,28+,30-,35+,36-,37+,38+/m1/s1. The zero-order valence-corrected chi connectivity index (χ0v) is 29.7. The zero-order chi connectivity index (χ0) is 34.6. The molecule has 4 aliphatic carbocycles. The molecule has 0 aliphatic heterocycles. The predicted molar refractivity (Wildman–Crippen MR) is 176 cm³/mol. The number of hydrogen-bond donors (Lipinski definition) is 2. The van der Waals surface area contributed by atoms with Gasteiger partial charge in [0.05, 0.1) is 31.5 Å². The molecule has 8 nitrogen and oxygen atoms in total. The van der Waals surface area contributed by atoms with Crippen molar-refractivity contribution in [2.24, 2.45) is 45.3 Å². The molecule has 0 spiro atoms. The van der Waals surface area contributed by atoms with Gasteiger partial charge in [-0.05, 0) is 88.4 Å². The highest BCUT2D eigenvalue weighted by Crippen LogP contribution is 2.71. The van der Waals surface area contributed by atoms with E-state index in [1.165, 1.54) is 25.2 Å². The van der Waals surface area contributed by atoms with Gasteiger partial charge in [0.15, 0.2) is 0 Å². The minimum Gasteiger partial charge on any atom is -0.481 e. The molecule has 2 saturated carbocycles. The van der Waals surface area contributed by atoms with E-state index >= 15 is 0 Å². The molecule has 0 saturated heterocycles. The number of aliphatic carboxylic acids is 1. The highest BCUT2D eigenvalue weighted by atomic mass is 16.5. The van der Waals surface area contributed by atoms with Crippen LogP contribution in [-0.2, 0) is 28.7 Å². The number of carboxylic acids is 1. The zero-order valence-electron chi connectivity index (χ0n) is 29.7. The minimum atomic E-state index is -1.55. The molecule has 8 heteroatoms. The van der Waals surface area contributed by atoms with Crippen molar-refractivity contribution in [2.45, 2.75) is 138 Å². The maximum absolute atomic E-state index is 14.5. The molecule has 0 aromatic carbocycles. The molecule has 2 N–H and O–H groups in total. The summed E-state index contributed by atoms with van der Waals surface area (Å²) >= 11 is 0. The highest BCUT2D eigenvalue weighted by molar-refractivity contribution is 5.91. The van der Waals surface area contributed by atoms with Crippen LogP contribution in [0.4, 0.5) is 0 Å². The van der Waals surface area contributed by atoms with Gasteiger partial charge < -0.3 is 19.7 Å². The topological polar surface area (TPSA) is 127 Å². The van der Waals surface area contributed by atoms with Crippen molar-refractivity contribution in [2.75, 3.05) is 7.11 Å². The van der Waals surface area contributed by atoms with Crippen LogP contribution >= 0.6 is 0 Å². The summed E-state index contributed by atoms with van der Waals surface area (Å²) in [5.41, 5.74) is 0.807. The summed E-state index contributed by atoms with van der Waals surface area (Å²) in [7, 11) is 1.25. The number of fused-ring (bicyclic) bond motifs is 4. The SMILES string of the molecule is C=C(CC[C@@H](C)[C@H]1CC[C@@]2(C)C3=C(CC(=O)[C@]12C)[C@@]1(C)CC[C@@H](OC(=O)C[C@@](C)(O)CC(=O)OC)C(C)(C)[C@@H]1CC3)[C@H](C)C(=O)O. The second-order valence-electron chi connectivity index (χ2n) is 16.7. The van der Waals surface area contributed by atoms with Gasteiger partial charge in [0.25, 0.3) is 0 Å². The van der Waals surface area contributed by atoms with Gasteiger partial charge in [-0.25, -0.2) is 0 Å². The van der Waals surface area contributed by atoms with Crippen molar-refractivity contribution in [3.05, 3.63) is 23.3 Å². The Morgan fingerprint density at radius 1 is 1.00 bits per heavy atom. The number of hydrogen-bond acceptors (Lipinski definition) is 7. The highest BCUT2D eigenvalue weighted by Gasteiger charge is 2.66. The molecular weight excluding hydrogens is 584 g/mol. The van der Waals surface area contributed by atoms with Crippen LogP contribution in [0.15, 0.2) is 23.3 Å². The lowest BCUT2D eigenvalue weighted by atomic mass is 9.43. The van der Waals surface area contributed by atoms with Gasteiger partial charge in [-0.1, -0.05) is 64.8 Å². The van der Waals surface area contributed by atoms with Crippen LogP contribution in [0.5, 0.6) is 0 Å². The number of rotatable bonds is 11. The molecule has 9 atom stereocenters. The summed E-state index contributed by atoms with van der Waals surface area (Å²) < 4.78 is 10.7. The largest absolute Gasteiger partial charge is 0.481 e. The molecule has 46 heavy (non-hydrogen) atoms. The Hall–Kier alpha value is -2.48. The Morgan fingerprint density at radius 3 is 2.24 bits per heavy atom. The third kappa shape index (κ3) is 6.01. The van der Waals surface area contributed by atoms with E-state index in [0.29, 0.717) is 25.0 Å². The van der Waals surface area contributed by atoms with Crippen molar-refractivity contribution in [1.82, 2.24) is 0 Å². The summed E-state index contributed by atoms with van der Waals surface area (Å²) in [5, 5.41) is 20.0. The summed E-state index contributed by atoms with van der Waals surface area (Å²) in [4.78, 5) is 50.7. The lowest BCUT2D eigenvalue weighted by Crippen LogP contribution is -2.57. The van der Waals surface area contributed by atoms with Gasteiger partial charge in [-0.3, -0.25) is 19.2 Å². The molecular formula is C38H58O8. The Balaban J connectivity index is 1.54. The van der Waals surface area contributed by atoms with Gasteiger partial charge in [-0.15, -0.1) is 0 Å². The summed E-state index contributed by atoms with van der Waals surface area (Å²) in [6.07, 6.45) is 6.40. The van der Waals surface area contributed by atoms with E-state index in [1.54, 1.807) is 6.92 Å². The predicted octanol–water partition coefficient (Wildman–Crippen LogP) is 7.22. The molecule has 2 fully saturated rings. The number of esters is 2. The Bertz CT molecular complexity index is 1310. The van der Waals surface area contributed by atoms with E-state index in [4.69, 9.17) is 4.74 Å². The average molecular weight is 643 g/mol. The third-order valence-electron chi connectivity index (χ3n) is 13.7. The minimum absolute atomic E-state index is 0.176. The molecule has 0 heterocycles. The Labute approximate surface area is 275 Å². The number of ether oxygens (including phenoxy) is 2. The first-order valence-electron chi connectivity index (χ1n) is 17.3. The van der Waals surface area contributed by atoms with Gasteiger partial charge in [-0.2, -0.15) is 0 Å². The third-order valence-corrected chi connectivity index (χ3v) is 13.7. The number of allylic oxidation sites excluding steroid dienone is 2. The number of carbonyl (C=O) groups excluding carboxylic acids is 3. The maximum Gasteiger partial charge on any atom is 0.310 e. The molecule has 4 aliphatic rings. The molecule has 0 radical (unpaired) electrons. The van der Waals surface area contributed by atoms with Crippen molar-refractivity contribution in [1.29, 1.82) is 0 Å². The van der Waals surface area contributed by atoms with Crippen LogP contribution in [0.3, 0.4) is 0 Å². The molecule has 4 rings (SSSR count). The van der Waals surface area contributed by atoms with Gasteiger partial charge in [0.1, 0.15) is 11.9 Å². The lowest BCUT2D eigenvalue weighted by Gasteiger charge is -2.61. The molecule has 0 bridgehead atoms. The quantitative estimate of drug-likeness (QED) is 0.179. The van der Waals surface area contributed by atoms with Crippen molar-refractivity contribution >= 4 is 23.7 Å². The summed E-state index contributed by atoms with van der Waals surface area (Å²) in [5.74, 6) is -1.44. The van der Waals surface area contributed by atoms with E-state index in [0.717, 1.165) is 44.1 Å². The smallest absolute Gasteiger partial charge is 0.310 e. The van der Waals surface area contributed by atoms with Crippen molar-refractivity contribution in [3.63, 3.8) is 0 Å². The van der Waals surface area contributed by atoms with E-state index in [1.807, 2.05) is 0 Å². The number of carbonyl (C=O) groups is 4. The monoisotopic (exact) mass is 642 g/mol. The summed E-state index contributed by atoms with van der Waals surface area (Å²) in [6.45, 7) is 20.6. The van der Waals surface area contributed by atoms with Crippen LogP contribution in [0.25, 0.3) is 0 Å². The molecule has 0 aromatic rings. The number of carboxylic acid groups (broad SMARTS) is 1. The van der Waals surface area contributed by atoms with Crippen LogP contribution in [0, 0.1) is 45.3 Å². The van der Waals surface area contributed by atoms with Crippen LogP contribution in [-0.4, -0.2) is 52.7 Å². The number of aliphatic hydroxyl groups is 1. The second-order valence-corrected chi connectivity index (χ2v) is 16.7. The van der Waals surface area contributed by atoms with Crippen molar-refractivity contribution in [3.8, 4) is 0 Å². The first-order chi connectivity index (χ1) is 21.2. The maximum atomic E-state index is 14.5. The lowest BCUT2D eigenvalue weighted by molar-refractivity contribution is -0.174. The van der Waals surface area contributed by atoms with Gasteiger partial charge in [0.2, 0.25) is 0 Å². The van der Waals surface area contributed by atoms with E-state index in [9.17, 15) is 29.4 Å². The van der Waals surface area contributed by atoms with Crippen LogP contribution in [0.2, 0.25) is 0 Å². The fourth-order valence-corrected chi connectivity index (χ4v) is 10.5. The normalized spacial score (nSPS) is 36.0. The Kier molecular flexibility index (Phi) is 9.89. The molecule has 0 amide bonds. The average Bonchev–Trinajstić information content (AvgIpc) is 3.25. The van der Waals surface area contributed by atoms with Gasteiger partial charge in [0, 0.05) is 22.7 Å². The van der Waals surface area contributed by atoms with Crippen LogP contribution < -0.4 is 0 Å². The van der Waals surface area contributed by atoms with Crippen LogP contribution in [0.1, 0.15) is 126 Å². The second kappa shape index (κ2) is 12.5. The fourth-order valence-electron chi connectivity index (χ4n) is 10.5. The Morgan fingerprint density at radius 2 is 1.63 bits per heavy atom. The van der Waals surface area contributed by atoms with Crippen molar-refractivity contribution < 1.29 is 38.9 Å². The first-order valence-corrected chi connectivity index (χ1v) is 17.3. The molecule has 0 unspecified atom stereocenters. The first kappa shape index (κ1) is 36.4. The summed E-state index contributed by atoms with van der Waals surface area (Å²) in [6, 6.07) is 0. The number of methoxy groups -OCH3 is 1.